The van der Waals surface area contributed by atoms with E-state index in [1.54, 1.807) is 4.90 Å². The van der Waals surface area contributed by atoms with Gasteiger partial charge in [0.1, 0.15) is 5.75 Å². The highest BCUT2D eigenvalue weighted by molar-refractivity contribution is 5.91. The molecule has 3 saturated heterocycles. The van der Waals surface area contributed by atoms with Crippen LogP contribution in [0.5, 0.6) is 5.75 Å². The Morgan fingerprint density at radius 1 is 0.940 bits per heavy atom. The summed E-state index contributed by atoms with van der Waals surface area (Å²) in [6.07, 6.45) is 3.34. The van der Waals surface area contributed by atoms with Crippen molar-refractivity contribution in [1.82, 2.24) is 25.1 Å². The lowest BCUT2D eigenvalue weighted by molar-refractivity contribution is -0.142. The number of benzene rings is 2. The van der Waals surface area contributed by atoms with Gasteiger partial charge in [0, 0.05) is 57.4 Å². The molecule has 2 aromatic rings. The summed E-state index contributed by atoms with van der Waals surface area (Å²) in [5.41, 5.74) is 6.13. The van der Waals surface area contributed by atoms with Gasteiger partial charge in [0.05, 0.1) is 6.54 Å². The number of rotatable bonds is 8. The normalized spacial score (nSPS) is 21.3. The lowest BCUT2D eigenvalue weighted by atomic mass is 9.83. The fourth-order valence-corrected chi connectivity index (χ4v) is 8.28. The van der Waals surface area contributed by atoms with Gasteiger partial charge in [-0.25, -0.2) is 9.59 Å². The van der Waals surface area contributed by atoms with Crippen LogP contribution in [0.25, 0.3) is 0 Å². The van der Waals surface area contributed by atoms with Crippen molar-refractivity contribution < 1.29 is 34.2 Å². The van der Waals surface area contributed by atoms with E-state index in [4.69, 9.17) is 9.94 Å². The molecule has 0 spiro atoms. The Morgan fingerprint density at radius 2 is 1.60 bits per heavy atom. The number of urea groups is 1. The molecule has 5 N–H and O–H groups in total. The van der Waals surface area contributed by atoms with Gasteiger partial charge in [0.2, 0.25) is 0 Å². The van der Waals surface area contributed by atoms with Gasteiger partial charge in [-0.3, -0.25) is 14.5 Å². The number of likely N-dealkylation sites (tertiary alicyclic amines) is 3. The van der Waals surface area contributed by atoms with E-state index in [0.717, 1.165) is 55.6 Å². The van der Waals surface area contributed by atoms with Crippen molar-refractivity contribution in [1.29, 1.82) is 0 Å². The predicted octanol–water partition coefficient (Wildman–Crippen LogP) is 2.93. The smallest absolute Gasteiger partial charge is 0.410 e. The van der Waals surface area contributed by atoms with Crippen LogP contribution in [-0.4, -0.2) is 118 Å². The van der Waals surface area contributed by atoms with Crippen molar-refractivity contribution in [3.63, 3.8) is 0 Å². The Bertz CT molecular complexity index is 1550. The van der Waals surface area contributed by atoms with E-state index >= 15 is 0 Å². The van der Waals surface area contributed by atoms with Crippen LogP contribution in [0.3, 0.4) is 0 Å². The van der Waals surface area contributed by atoms with Crippen LogP contribution in [0.2, 0.25) is 0 Å². The number of carbonyl (C=O) groups excluding carboxylic acids is 4. The number of para-hydroxylation sites is 1. The van der Waals surface area contributed by atoms with Crippen LogP contribution in [0.15, 0.2) is 36.4 Å². The van der Waals surface area contributed by atoms with E-state index in [1.807, 2.05) is 65.5 Å². The monoisotopic (exact) mass is 691 g/mol. The maximum absolute atomic E-state index is 14.1. The third kappa shape index (κ3) is 8.15. The number of phenolic OH excluding ortho intramolecular Hbond substituents is 1. The molecular weight excluding hydrogens is 640 g/mol. The number of hydrogen-bond acceptors (Lipinski definition) is 7. The summed E-state index contributed by atoms with van der Waals surface area (Å²) < 4.78 is 6.05. The molecule has 5 amide bonds. The summed E-state index contributed by atoms with van der Waals surface area (Å²) in [5.74, 6) is 0.586. The number of aromatic hydroxyl groups is 1. The second kappa shape index (κ2) is 15.7. The zero-order valence-corrected chi connectivity index (χ0v) is 29.2. The number of hydroxylamine groups is 1. The van der Waals surface area contributed by atoms with Crippen LogP contribution in [0, 0.1) is 25.7 Å². The minimum absolute atomic E-state index is 0.00296. The van der Waals surface area contributed by atoms with Crippen LogP contribution in [0.4, 0.5) is 15.3 Å². The van der Waals surface area contributed by atoms with E-state index in [0.29, 0.717) is 68.5 Å². The number of carbonyl (C=O) groups is 4. The molecule has 0 aromatic heterocycles. The number of fused-ring (bicyclic) bond motifs is 1. The molecule has 4 heterocycles. The van der Waals surface area contributed by atoms with Crippen LogP contribution in [-0.2, 0) is 27.2 Å². The second-order valence-corrected chi connectivity index (χ2v) is 14.4. The Hall–Kier alpha value is -4.36. The SMILES string of the molecule is Cc1cc(C[C@@H](OC(=O)N2CCC(N3CCc4ccccc4NC3=O)CC2)C(=O)N2CCC(C3CCN(CC(=O)N[OH2+])C3)CC2)cc(C)c1O. The Kier molecular flexibility index (Phi) is 11.1. The van der Waals surface area contributed by atoms with Gasteiger partial charge >= 0.3 is 12.1 Å². The maximum atomic E-state index is 14.1. The minimum Gasteiger partial charge on any atom is -0.507 e. The lowest BCUT2D eigenvalue weighted by Gasteiger charge is -2.38. The lowest BCUT2D eigenvalue weighted by Crippen LogP contribution is -2.51. The third-order valence-corrected chi connectivity index (χ3v) is 11.1. The molecule has 4 aliphatic rings. The minimum atomic E-state index is -1.01. The van der Waals surface area contributed by atoms with E-state index in [9.17, 15) is 24.3 Å². The summed E-state index contributed by atoms with van der Waals surface area (Å²) in [4.78, 5) is 59.9. The number of nitrogens with zero attached hydrogens (tertiary/aromatic N) is 4. The molecule has 0 bridgehead atoms. The van der Waals surface area contributed by atoms with Crippen molar-refractivity contribution >= 4 is 29.6 Å². The quantitative estimate of drug-likeness (QED) is 0.284. The van der Waals surface area contributed by atoms with E-state index in [1.165, 1.54) is 0 Å². The van der Waals surface area contributed by atoms with Crippen molar-refractivity contribution in [2.75, 3.05) is 57.7 Å². The van der Waals surface area contributed by atoms with Gasteiger partial charge in [-0.15, -0.1) is 5.48 Å². The van der Waals surface area contributed by atoms with E-state index < -0.39 is 12.2 Å². The Morgan fingerprint density at radius 3 is 2.30 bits per heavy atom. The molecule has 4 aliphatic heterocycles. The van der Waals surface area contributed by atoms with Gasteiger partial charge in [0.15, 0.2) is 6.10 Å². The van der Waals surface area contributed by atoms with Crippen LogP contribution >= 0.6 is 0 Å². The first-order chi connectivity index (χ1) is 24.1. The molecule has 50 heavy (non-hydrogen) atoms. The van der Waals surface area contributed by atoms with Crippen molar-refractivity contribution in [2.45, 2.75) is 70.9 Å². The third-order valence-electron chi connectivity index (χ3n) is 11.1. The fourth-order valence-electron chi connectivity index (χ4n) is 8.28. The van der Waals surface area contributed by atoms with Gasteiger partial charge < -0.3 is 35.1 Å². The number of anilines is 1. The number of aryl methyl sites for hydroxylation is 2. The van der Waals surface area contributed by atoms with E-state index in [-0.39, 0.29) is 42.6 Å². The van der Waals surface area contributed by atoms with Crippen molar-refractivity contribution in [3.8, 4) is 5.75 Å². The number of phenols is 1. The highest BCUT2D eigenvalue weighted by Crippen LogP contribution is 2.33. The number of ether oxygens (including phenoxy) is 1. The first-order valence-electron chi connectivity index (χ1n) is 18.0. The largest absolute Gasteiger partial charge is 0.507 e. The zero-order valence-electron chi connectivity index (χ0n) is 29.2. The van der Waals surface area contributed by atoms with E-state index in [2.05, 4.69) is 10.2 Å². The Labute approximate surface area is 293 Å². The number of amides is 5. The van der Waals surface area contributed by atoms with Gasteiger partial charge in [-0.1, -0.05) is 30.3 Å². The molecule has 0 radical (unpaired) electrons. The average Bonchev–Trinajstić information content (AvgIpc) is 3.51. The number of hydrogen-bond donors (Lipinski definition) is 3. The summed E-state index contributed by atoms with van der Waals surface area (Å²) in [6, 6.07) is 11.4. The highest BCUT2D eigenvalue weighted by atomic mass is 16.6. The molecule has 2 aromatic carbocycles. The molecule has 270 valence electrons. The number of piperidine rings is 2. The van der Waals surface area contributed by atoms with Gasteiger partial charge in [0.25, 0.3) is 11.8 Å². The second-order valence-electron chi connectivity index (χ2n) is 14.4. The van der Waals surface area contributed by atoms with Crippen molar-refractivity contribution in [2.24, 2.45) is 11.8 Å². The standard InChI is InChI=1S/C37H50N6O7/c1-24-19-26(20-25(2)34(24)45)21-32(35(46)41-14-8-27(9-15-41)29-7-13-40(22-29)23-33(44)39-49)50-37(48)42-16-11-30(12-17-42)43-18-10-28-5-3-4-6-31(28)38-36(43)47/h3-6,19-20,27,29-30,32,45,49H,7-18,21-23H2,1-2H3,(H,38,47)(H,39,44)/p+1/t29?,32-/m1/s1. The first-order valence-corrected chi connectivity index (χ1v) is 18.0. The summed E-state index contributed by atoms with van der Waals surface area (Å²) >= 11 is 0. The molecule has 1 unspecified atom stereocenters. The Balaban J connectivity index is 1.07. The predicted molar refractivity (Wildman–Crippen MR) is 188 cm³/mol. The molecular formula is C37H51N6O7+. The van der Waals surface area contributed by atoms with Crippen molar-refractivity contribution in [3.05, 3.63) is 58.7 Å². The topological polar surface area (TPSA) is 158 Å². The van der Waals surface area contributed by atoms with Gasteiger partial charge in [-0.2, -0.15) is 0 Å². The summed E-state index contributed by atoms with van der Waals surface area (Å²) in [6.45, 7) is 8.12. The molecule has 3 fully saturated rings. The molecule has 6 rings (SSSR count). The summed E-state index contributed by atoms with van der Waals surface area (Å²) in [7, 11) is 0. The molecule has 13 nitrogen and oxygen atoms in total. The zero-order chi connectivity index (χ0) is 35.4. The highest BCUT2D eigenvalue weighted by Gasteiger charge is 2.38. The molecule has 0 aliphatic carbocycles. The molecule has 13 heteroatoms. The average molecular weight is 692 g/mol. The van der Waals surface area contributed by atoms with Gasteiger partial charge in [-0.05, 0) is 99.1 Å². The molecule has 0 saturated carbocycles. The summed E-state index contributed by atoms with van der Waals surface area (Å²) in [5, 5.41) is 20.5. The van der Waals surface area contributed by atoms with Crippen LogP contribution in [0.1, 0.15) is 54.4 Å². The first kappa shape index (κ1) is 35.5. The number of nitrogens with one attached hydrogen (secondary N) is 2. The molecule has 2 atom stereocenters. The van der Waals surface area contributed by atoms with Crippen LogP contribution < -0.4 is 10.8 Å². The maximum Gasteiger partial charge on any atom is 0.410 e. The fraction of sp³-hybridized carbons (Fsp3) is 0.568.